The summed E-state index contributed by atoms with van der Waals surface area (Å²) in [6, 6.07) is 20.3. The van der Waals surface area contributed by atoms with Crippen LogP contribution >= 0.6 is 0 Å². The summed E-state index contributed by atoms with van der Waals surface area (Å²) in [5, 5.41) is 0. The average Bonchev–Trinajstić information content (AvgIpc) is 2.97. The van der Waals surface area contributed by atoms with Gasteiger partial charge in [0.2, 0.25) is 0 Å². The Balaban J connectivity index is 0.000000564. The Labute approximate surface area is 222 Å². The van der Waals surface area contributed by atoms with Gasteiger partial charge in [0.05, 0.1) is 24.4 Å². The Bertz CT molecular complexity index is 658. The van der Waals surface area contributed by atoms with Crippen LogP contribution in [-0.4, -0.2) is 24.4 Å². The quantitative estimate of drug-likeness (QED) is 0.417. The monoisotopic (exact) mass is 502 g/mol. The van der Waals surface area contributed by atoms with Crippen molar-refractivity contribution < 1.29 is 18.9 Å². The van der Waals surface area contributed by atoms with Gasteiger partial charge in [-0.2, -0.15) is 0 Å². The van der Waals surface area contributed by atoms with Gasteiger partial charge in [0, 0.05) is 11.1 Å². The van der Waals surface area contributed by atoms with Gasteiger partial charge in [0.1, 0.15) is 0 Å². The van der Waals surface area contributed by atoms with Crippen molar-refractivity contribution in [2.75, 3.05) is 0 Å². The molecule has 6 unspecified atom stereocenters. The molecule has 0 bridgehead atoms. The van der Waals surface area contributed by atoms with Gasteiger partial charge in [-0.3, -0.25) is 0 Å². The third kappa shape index (κ3) is 12.5. The van der Waals surface area contributed by atoms with E-state index in [0.717, 1.165) is 36.8 Å². The first-order chi connectivity index (χ1) is 17.6. The maximum Gasteiger partial charge on any atom is 0.184 e. The minimum Gasteiger partial charge on any atom is -0.345 e. The number of benzene rings is 2. The molecule has 4 heteroatoms. The number of ether oxygens (including phenoxy) is 4. The van der Waals surface area contributed by atoms with E-state index in [1.165, 1.54) is 0 Å². The second kappa shape index (κ2) is 21.4. The van der Waals surface area contributed by atoms with E-state index < -0.39 is 0 Å². The average molecular weight is 503 g/mol. The minimum atomic E-state index is -0.181. The van der Waals surface area contributed by atoms with Gasteiger partial charge in [-0.05, 0) is 39.5 Å². The van der Waals surface area contributed by atoms with E-state index in [4.69, 9.17) is 18.9 Å². The molecule has 2 saturated heterocycles. The van der Waals surface area contributed by atoms with Gasteiger partial charge >= 0.3 is 0 Å². The molecule has 2 aromatic carbocycles. The molecule has 4 rings (SSSR count). The standard InChI is InChI=1S/2C13H18O2.3C2H6/c2*1-3-12-9-10(2)14-13(15-12)11-7-5-4-6-8-11;3*1-2/h2*4-8,10,12-13H,3,9H2,1-2H3;3*1-2H3. The van der Waals surface area contributed by atoms with Crippen molar-refractivity contribution in [3.05, 3.63) is 71.8 Å². The summed E-state index contributed by atoms with van der Waals surface area (Å²) in [5.41, 5.74) is 2.23. The van der Waals surface area contributed by atoms with Crippen LogP contribution in [0.3, 0.4) is 0 Å². The van der Waals surface area contributed by atoms with Gasteiger partial charge < -0.3 is 18.9 Å². The zero-order valence-corrected chi connectivity index (χ0v) is 24.7. The zero-order valence-electron chi connectivity index (χ0n) is 24.7. The smallest absolute Gasteiger partial charge is 0.184 e. The summed E-state index contributed by atoms with van der Waals surface area (Å²) in [6.07, 6.45) is 4.98. The van der Waals surface area contributed by atoms with E-state index in [2.05, 4.69) is 52.0 Å². The molecule has 0 saturated carbocycles. The third-order valence-electron chi connectivity index (χ3n) is 5.59. The van der Waals surface area contributed by atoms with E-state index in [-0.39, 0.29) is 24.8 Å². The van der Waals surface area contributed by atoms with E-state index in [9.17, 15) is 0 Å². The highest BCUT2D eigenvalue weighted by Gasteiger charge is 2.28. The zero-order chi connectivity index (χ0) is 27.3. The summed E-state index contributed by atoms with van der Waals surface area (Å²) in [4.78, 5) is 0. The highest BCUT2D eigenvalue weighted by atomic mass is 16.7. The summed E-state index contributed by atoms with van der Waals surface area (Å²) in [5.74, 6) is 0. The molecule has 0 aliphatic carbocycles. The molecular formula is C32H54O4. The lowest BCUT2D eigenvalue weighted by molar-refractivity contribution is -0.244. The molecular weight excluding hydrogens is 448 g/mol. The van der Waals surface area contributed by atoms with Crippen LogP contribution in [0, 0.1) is 0 Å². The Morgan fingerprint density at radius 1 is 0.528 bits per heavy atom. The van der Waals surface area contributed by atoms with Gasteiger partial charge in [0.15, 0.2) is 12.6 Å². The van der Waals surface area contributed by atoms with Crippen LogP contribution in [0.4, 0.5) is 0 Å². The maximum atomic E-state index is 5.87. The largest absolute Gasteiger partial charge is 0.345 e. The van der Waals surface area contributed by atoms with Crippen molar-refractivity contribution in [3.8, 4) is 0 Å². The predicted octanol–water partition coefficient (Wildman–Crippen LogP) is 9.66. The predicted molar refractivity (Wildman–Crippen MR) is 153 cm³/mol. The van der Waals surface area contributed by atoms with Crippen LogP contribution in [0.5, 0.6) is 0 Å². The lowest BCUT2D eigenvalue weighted by Gasteiger charge is -2.34. The first-order valence-electron chi connectivity index (χ1n) is 14.3. The molecule has 4 nitrogen and oxygen atoms in total. The number of hydrogen-bond acceptors (Lipinski definition) is 4. The molecule has 0 N–H and O–H groups in total. The lowest BCUT2D eigenvalue weighted by atomic mass is 10.1. The van der Waals surface area contributed by atoms with Crippen LogP contribution in [0.25, 0.3) is 0 Å². The topological polar surface area (TPSA) is 36.9 Å². The highest BCUT2D eigenvalue weighted by Crippen LogP contribution is 2.31. The van der Waals surface area contributed by atoms with Gasteiger partial charge in [0.25, 0.3) is 0 Å². The minimum absolute atomic E-state index is 0.181. The van der Waals surface area contributed by atoms with Gasteiger partial charge in [-0.1, -0.05) is 116 Å². The first-order valence-corrected chi connectivity index (χ1v) is 14.3. The second-order valence-corrected chi connectivity index (χ2v) is 8.18. The van der Waals surface area contributed by atoms with Crippen molar-refractivity contribution in [2.45, 2.75) is 132 Å². The van der Waals surface area contributed by atoms with Crippen molar-refractivity contribution >= 4 is 0 Å². The van der Waals surface area contributed by atoms with E-state index in [1.54, 1.807) is 0 Å². The highest BCUT2D eigenvalue weighted by molar-refractivity contribution is 5.17. The molecule has 2 aromatic rings. The van der Waals surface area contributed by atoms with Crippen molar-refractivity contribution in [2.24, 2.45) is 0 Å². The maximum absolute atomic E-state index is 5.87. The molecule has 36 heavy (non-hydrogen) atoms. The molecule has 0 spiro atoms. The van der Waals surface area contributed by atoms with Crippen molar-refractivity contribution in [1.82, 2.24) is 0 Å². The Hall–Kier alpha value is -1.72. The normalized spacial score (nSPS) is 26.7. The van der Waals surface area contributed by atoms with Crippen LogP contribution in [0.15, 0.2) is 60.7 Å². The SMILES string of the molecule is CC.CC.CC.CCC1CC(C)OC(c2ccccc2)O1.CCC1CC(C)OC(c2ccccc2)O1. The van der Waals surface area contributed by atoms with Gasteiger partial charge in [-0.15, -0.1) is 0 Å². The molecule has 0 aromatic heterocycles. The molecule has 2 aliphatic heterocycles. The number of hydrogen-bond donors (Lipinski definition) is 0. The molecule has 0 radical (unpaired) electrons. The first kappa shape index (κ1) is 34.3. The summed E-state index contributed by atoms with van der Waals surface area (Å²) >= 11 is 0. The van der Waals surface area contributed by atoms with E-state index in [0.29, 0.717) is 12.2 Å². The summed E-state index contributed by atoms with van der Waals surface area (Å²) < 4.78 is 23.3. The molecule has 2 heterocycles. The van der Waals surface area contributed by atoms with Crippen LogP contribution < -0.4 is 0 Å². The molecule has 0 amide bonds. The molecule has 2 fully saturated rings. The number of rotatable bonds is 4. The summed E-state index contributed by atoms with van der Waals surface area (Å²) in [7, 11) is 0. The molecule has 2 aliphatic rings. The van der Waals surface area contributed by atoms with E-state index in [1.807, 2.05) is 77.9 Å². The Kier molecular flexibility index (Phi) is 20.4. The van der Waals surface area contributed by atoms with Crippen LogP contribution in [0.2, 0.25) is 0 Å². The molecule has 206 valence electrons. The Morgan fingerprint density at radius 2 is 0.833 bits per heavy atom. The van der Waals surface area contributed by atoms with E-state index >= 15 is 0 Å². The summed E-state index contributed by atoms with van der Waals surface area (Å²) in [6.45, 7) is 20.5. The molecule has 6 atom stereocenters. The fraction of sp³-hybridized carbons (Fsp3) is 0.625. The Morgan fingerprint density at radius 3 is 1.11 bits per heavy atom. The van der Waals surface area contributed by atoms with Crippen LogP contribution in [-0.2, 0) is 18.9 Å². The van der Waals surface area contributed by atoms with Crippen molar-refractivity contribution in [1.29, 1.82) is 0 Å². The van der Waals surface area contributed by atoms with Crippen molar-refractivity contribution in [3.63, 3.8) is 0 Å². The van der Waals surface area contributed by atoms with Crippen LogP contribution in [0.1, 0.15) is 119 Å². The third-order valence-corrected chi connectivity index (χ3v) is 5.59. The fourth-order valence-corrected chi connectivity index (χ4v) is 3.86. The second-order valence-electron chi connectivity index (χ2n) is 8.18. The lowest BCUT2D eigenvalue weighted by Crippen LogP contribution is -2.31. The van der Waals surface area contributed by atoms with Gasteiger partial charge in [-0.25, -0.2) is 0 Å². The fourth-order valence-electron chi connectivity index (χ4n) is 3.86.